The van der Waals surface area contributed by atoms with Crippen LogP contribution in [0, 0.1) is 0 Å². The van der Waals surface area contributed by atoms with E-state index in [4.69, 9.17) is 14.6 Å². The molecular weight excluding hydrogens is 218 g/mol. The molecule has 0 saturated carbocycles. The van der Waals surface area contributed by atoms with Crippen LogP contribution in [0.15, 0.2) is 18.2 Å². The van der Waals surface area contributed by atoms with Crippen LogP contribution in [0.1, 0.15) is 18.4 Å². The summed E-state index contributed by atoms with van der Waals surface area (Å²) >= 11 is 0. The molecule has 1 heterocycles. The van der Waals surface area contributed by atoms with E-state index in [0.717, 1.165) is 43.0 Å². The normalized spacial score (nSPS) is 13.7. The van der Waals surface area contributed by atoms with Gasteiger partial charge in [0.25, 0.3) is 0 Å². The van der Waals surface area contributed by atoms with E-state index < -0.39 is 0 Å². The van der Waals surface area contributed by atoms with E-state index in [2.05, 4.69) is 5.32 Å². The van der Waals surface area contributed by atoms with E-state index in [1.807, 2.05) is 18.2 Å². The minimum Gasteiger partial charge on any atom is -0.486 e. The average Bonchev–Trinajstić information content (AvgIpc) is 2.39. The molecule has 0 saturated heterocycles. The van der Waals surface area contributed by atoms with Crippen molar-refractivity contribution in [2.45, 2.75) is 19.4 Å². The van der Waals surface area contributed by atoms with E-state index in [-0.39, 0.29) is 6.61 Å². The number of ether oxygens (including phenoxy) is 2. The number of para-hydroxylation sites is 1. The zero-order valence-electron chi connectivity index (χ0n) is 9.95. The summed E-state index contributed by atoms with van der Waals surface area (Å²) in [6.45, 7) is 3.19. The molecule has 1 aliphatic heterocycles. The number of nitrogens with one attached hydrogen (secondary N) is 1. The zero-order chi connectivity index (χ0) is 11.9. The Hall–Kier alpha value is -1.26. The molecule has 1 aliphatic rings. The SMILES string of the molecule is OCCCCNCc1cccc2c1OCCO2. The summed E-state index contributed by atoms with van der Waals surface area (Å²) in [6, 6.07) is 5.97. The van der Waals surface area contributed by atoms with Gasteiger partial charge in [-0.25, -0.2) is 0 Å². The maximum Gasteiger partial charge on any atom is 0.165 e. The number of hydrogen-bond acceptors (Lipinski definition) is 4. The average molecular weight is 237 g/mol. The van der Waals surface area contributed by atoms with Gasteiger partial charge in [-0.1, -0.05) is 12.1 Å². The van der Waals surface area contributed by atoms with E-state index in [1.54, 1.807) is 0 Å². The lowest BCUT2D eigenvalue weighted by Crippen LogP contribution is -2.20. The topological polar surface area (TPSA) is 50.7 Å². The summed E-state index contributed by atoms with van der Waals surface area (Å²) in [6.07, 6.45) is 1.84. The number of fused-ring (bicyclic) bond motifs is 1. The molecule has 0 aliphatic carbocycles. The van der Waals surface area contributed by atoms with Gasteiger partial charge in [-0.3, -0.25) is 0 Å². The second-order valence-corrected chi connectivity index (χ2v) is 4.05. The summed E-state index contributed by atoms with van der Waals surface area (Å²) in [4.78, 5) is 0. The van der Waals surface area contributed by atoms with Crippen LogP contribution in [-0.2, 0) is 6.54 Å². The molecular formula is C13H19NO3. The van der Waals surface area contributed by atoms with Crippen LogP contribution < -0.4 is 14.8 Å². The Balaban J connectivity index is 1.87. The van der Waals surface area contributed by atoms with Crippen LogP contribution in [0.25, 0.3) is 0 Å². The molecule has 17 heavy (non-hydrogen) atoms. The molecule has 0 radical (unpaired) electrons. The highest BCUT2D eigenvalue weighted by Crippen LogP contribution is 2.33. The van der Waals surface area contributed by atoms with Crippen molar-refractivity contribution in [3.05, 3.63) is 23.8 Å². The molecule has 1 aromatic rings. The summed E-state index contributed by atoms with van der Waals surface area (Å²) in [5.74, 6) is 1.71. The highest BCUT2D eigenvalue weighted by molar-refractivity contribution is 5.47. The first-order chi connectivity index (χ1) is 8.42. The fourth-order valence-electron chi connectivity index (χ4n) is 1.86. The minimum absolute atomic E-state index is 0.263. The number of hydrogen-bond donors (Lipinski definition) is 2. The van der Waals surface area contributed by atoms with E-state index >= 15 is 0 Å². The lowest BCUT2D eigenvalue weighted by molar-refractivity contribution is 0.169. The Morgan fingerprint density at radius 2 is 2.06 bits per heavy atom. The van der Waals surface area contributed by atoms with Gasteiger partial charge in [0.1, 0.15) is 13.2 Å². The summed E-state index contributed by atoms with van der Waals surface area (Å²) in [5.41, 5.74) is 1.13. The summed E-state index contributed by atoms with van der Waals surface area (Å²) in [7, 11) is 0. The summed E-state index contributed by atoms with van der Waals surface area (Å²) in [5, 5.41) is 12.0. The van der Waals surface area contributed by atoms with Gasteiger partial charge < -0.3 is 19.9 Å². The smallest absolute Gasteiger partial charge is 0.165 e. The van der Waals surface area contributed by atoms with Crippen molar-refractivity contribution in [2.75, 3.05) is 26.4 Å². The Bertz CT molecular complexity index is 355. The molecule has 2 N–H and O–H groups in total. The highest BCUT2D eigenvalue weighted by Gasteiger charge is 2.14. The fraction of sp³-hybridized carbons (Fsp3) is 0.538. The summed E-state index contributed by atoms with van der Waals surface area (Å²) < 4.78 is 11.2. The third-order valence-electron chi connectivity index (χ3n) is 2.72. The predicted octanol–water partition coefficient (Wildman–Crippen LogP) is 1.32. The largest absolute Gasteiger partial charge is 0.486 e. The molecule has 4 heteroatoms. The fourth-order valence-corrected chi connectivity index (χ4v) is 1.86. The monoisotopic (exact) mass is 237 g/mol. The standard InChI is InChI=1S/C13H19NO3/c15-7-2-1-6-14-10-11-4-3-5-12-13(11)17-9-8-16-12/h3-5,14-15H,1-2,6-10H2. The van der Waals surface area contributed by atoms with Crippen LogP contribution in [-0.4, -0.2) is 31.5 Å². The molecule has 1 aromatic carbocycles. The van der Waals surface area contributed by atoms with Crippen LogP contribution in [0.4, 0.5) is 0 Å². The number of benzene rings is 1. The van der Waals surface area contributed by atoms with Crippen molar-refractivity contribution in [1.82, 2.24) is 5.32 Å². The molecule has 0 bridgehead atoms. The Morgan fingerprint density at radius 3 is 2.94 bits per heavy atom. The quantitative estimate of drug-likeness (QED) is 0.733. The molecule has 2 rings (SSSR count). The van der Waals surface area contributed by atoms with Crippen LogP contribution >= 0.6 is 0 Å². The van der Waals surface area contributed by atoms with Gasteiger partial charge in [-0.15, -0.1) is 0 Å². The first kappa shape index (κ1) is 12.2. The maximum absolute atomic E-state index is 8.68. The second-order valence-electron chi connectivity index (χ2n) is 4.05. The van der Waals surface area contributed by atoms with Gasteiger partial charge in [0.2, 0.25) is 0 Å². The molecule has 0 unspecified atom stereocenters. The van der Waals surface area contributed by atoms with Crippen molar-refractivity contribution in [2.24, 2.45) is 0 Å². The van der Waals surface area contributed by atoms with Crippen molar-refractivity contribution in [1.29, 1.82) is 0 Å². The number of unbranched alkanes of at least 4 members (excludes halogenated alkanes) is 1. The van der Waals surface area contributed by atoms with Gasteiger partial charge >= 0.3 is 0 Å². The van der Waals surface area contributed by atoms with Gasteiger partial charge in [0.05, 0.1) is 0 Å². The van der Waals surface area contributed by atoms with Crippen molar-refractivity contribution < 1.29 is 14.6 Å². The van der Waals surface area contributed by atoms with Crippen LogP contribution in [0.5, 0.6) is 11.5 Å². The molecule has 0 spiro atoms. The number of aliphatic hydroxyl groups is 1. The zero-order valence-corrected chi connectivity index (χ0v) is 9.95. The first-order valence-corrected chi connectivity index (χ1v) is 6.11. The molecule has 0 fully saturated rings. The van der Waals surface area contributed by atoms with E-state index in [9.17, 15) is 0 Å². The van der Waals surface area contributed by atoms with Crippen LogP contribution in [0.2, 0.25) is 0 Å². The minimum atomic E-state index is 0.263. The maximum atomic E-state index is 8.68. The third-order valence-corrected chi connectivity index (χ3v) is 2.72. The van der Waals surface area contributed by atoms with Gasteiger partial charge in [0.15, 0.2) is 11.5 Å². The molecule has 0 amide bonds. The van der Waals surface area contributed by atoms with Crippen molar-refractivity contribution in [3.8, 4) is 11.5 Å². The third kappa shape index (κ3) is 3.35. The first-order valence-electron chi connectivity index (χ1n) is 6.11. The number of rotatable bonds is 6. The lowest BCUT2D eigenvalue weighted by atomic mass is 10.1. The van der Waals surface area contributed by atoms with E-state index in [0.29, 0.717) is 13.2 Å². The van der Waals surface area contributed by atoms with E-state index in [1.165, 1.54) is 0 Å². The highest BCUT2D eigenvalue weighted by atomic mass is 16.6. The molecule has 0 aromatic heterocycles. The van der Waals surface area contributed by atoms with Crippen LogP contribution in [0.3, 0.4) is 0 Å². The van der Waals surface area contributed by atoms with Gasteiger partial charge in [-0.2, -0.15) is 0 Å². The Labute approximate surface area is 102 Å². The predicted molar refractivity (Wildman–Crippen MR) is 65.5 cm³/mol. The molecule has 4 nitrogen and oxygen atoms in total. The van der Waals surface area contributed by atoms with Crippen molar-refractivity contribution in [3.63, 3.8) is 0 Å². The Kier molecular flexibility index (Phi) is 4.64. The molecule has 94 valence electrons. The van der Waals surface area contributed by atoms with Crippen molar-refractivity contribution >= 4 is 0 Å². The van der Waals surface area contributed by atoms with Gasteiger partial charge in [0, 0.05) is 18.7 Å². The number of aliphatic hydroxyl groups excluding tert-OH is 1. The van der Waals surface area contributed by atoms with Gasteiger partial charge in [-0.05, 0) is 25.5 Å². The lowest BCUT2D eigenvalue weighted by Gasteiger charge is -2.21. The second kappa shape index (κ2) is 6.47. The Morgan fingerprint density at radius 1 is 1.18 bits per heavy atom. The molecule has 0 atom stereocenters.